The average molecular weight is 228 g/mol. The zero-order valence-corrected chi connectivity index (χ0v) is 9.97. The van der Waals surface area contributed by atoms with Crippen LogP contribution in [0.15, 0.2) is 5.16 Å². The van der Waals surface area contributed by atoms with Gasteiger partial charge in [0, 0.05) is 5.92 Å². The number of thioether (sulfide) groups is 1. The molecule has 6 heteroatoms. The standard InChI is InChI=1S/C9H16N4OS/c1-4-6(7(10)14)15-9-11-8(5(2)3)12-13-9/h5-6H,4H2,1-3H3,(H2,10,14)(H,11,12,13). The van der Waals surface area contributed by atoms with Gasteiger partial charge < -0.3 is 5.73 Å². The number of carbonyl (C=O) groups is 1. The molecule has 1 unspecified atom stereocenters. The first-order chi connectivity index (χ1) is 7.04. The number of rotatable bonds is 5. The van der Waals surface area contributed by atoms with Crippen LogP contribution in [0, 0.1) is 0 Å². The van der Waals surface area contributed by atoms with Crippen LogP contribution in [0.4, 0.5) is 0 Å². The number of amides is 1. The Morgan fingerprint density at radius 3 is 2.67 bits per heavy atom. The smallest absolute Gasteiger partial charge is 0.231 e. The van der Waals surface area contributed by atoms with Crippen LogP contribution >= 0.6 is 11.8 Å². The lowest BCUT2D eigenvalue weighted by Crippen LogP contribution is -2.24. The minimum atomic E-state index is -0.321. The Bertz CT molecular complexity index is 337. The highest BCUT2D eigenvalue weighted by Gasteiger charge is 2.17. The van der Waals surface area contributed by atoms with E-state index in [0.29, 0.717) is 17.5 Å². The van der Waals surface area contributed by atoms with Crippen LogP contribution in [0.2, 0.25) is 0 Å². The zero-order chi connectivity index (χ0) is 11.4. The van der Waals surface area contributed by atoms with Crippen molar-refractivity contribution in [2.75, 3.05) is 0 Å². The van der Waals surface area contributed by atoms with Gasteiger partial charge in [0.25, 0.3) is 0 Å². The van der Waals surface area contributed by atoms with Crippen molar-refractivity contribution in [2.45, 2.75) is 43.5 Å². The molecule has 1 heterocycles. The fourth-order valence-corrected chi connectivity index (χ4v) is 1.83. The number of hydrogen-bond donors (Lipinski definition) is 2. The Hall–Kier alpha value is -1.04. The van der Waals surface area contributed by atoms with Crippen LogP contribution in [0.1, 0.15) is 38.9 Å². The van der Waals surface area contributed by atoms with Crippen LogP contribution < -0.4 is 5.73 Å². The Kier molecular flexibility index (Phi) is 4.14. The second kappa shape index (κ2) is 5.16. The Morgan fingerprint density at radius 1 is 1.60 bits per heavy atom. The van der Waals surface area contributed by atoms with E-state index >= 15 is 0 Å². The van der Waals surface area contributed by atoms with Crippen molar-refractivity contribution in [2.24, 2.45) is 5.73 Å². The van der Waals surface area contributed by atoms with E-state index in [1.807, 2.05) is 20.8 Å². The lowest BCUT2D eigenvalue weighted by atomic mass is 10.2. The molecular formula is C9H16N4OS. The molecule has 0 bridgehead atoms. The number of aromatic nitrogens is 3. The van der Waals surface area contributed by atoms with Crippen LogP contribution in [-0.4, -0.2) is 26.3 Å². The predicted molar refractivity (Wildman–Crippen MR) is 59.6 cm³/mol. The van der Waals surface area contributed by atoms with Crippen molar-refractivity contribution in [3.05, 3.63) is 5.82 Å². The summed E-state index contributed by atoms with van der Waals surface area (Å²) in [5.41, 5.74) is 5.24. The normalized spacial score (nSPS) is 13.1. The summed E-state index contributed by atoms with van der Waals surface area (Å²) in [6.45, 7) is 5.97. The van der Waals surface area contributed by atoms with Gasteiger partial charge in [-0.25, -0.2) is 4.98 Å². The van der Waals surface area contributed by atoms with Crippen molar-refractivity contribution >= 4 is 17.7 Å². The molecule has 0 fully saturated rings. The van der Waals surface area contributed by atoms with E-state index in [4.69, 9.17) is 5.73 Å². The largest absolute Gasteiger partial charge is 0.369 e. The van der Waals surface area contributed by atoms with Crippen molar-refractivity contribution in [3.63, 3.8) is 0 Å². The SMILES string of the molecule is CCC(Sc1n[nH]c(C(C)C)n1)C(N)=O. The molecule has 5 nitrogen and oxygen atoms in total. The molecule has 0 saturated carbocycles. The van der Waals surface area contributed by atoms with Gasteiger partial charge in [-0.05, 0) is 6.42 Å². The summed E-state index contributed by atoms with van der Waals surface area (Å²) in [6.07, 6.45) is 0.686. The number of nitrogens with one attached hydrogen (secondary N) is 1. The molecule has 0 saturated heterocycles. The highest BCUT2D eigenvalue weighted by atomic mass is 32.2. The first kappa shape index (κ1) is 12.0. The van der Waals surface area contributed by atoms with Crippen LogP contribution in [0.3, 0.4) is 0 Å². The van der Waals surface area contributed by atoms with E-state index in [-0.39, 0.29) is 11.2 Å². The number of nitrogens with two attached hydrogens (primary N) is 1. The Balaban J connectivity index is 2.67. The van der Waals surface area contributed by atoms with Crippen molar-refractivity contribution in [1.82, 2.24) is 15.2 Å². The molecule has 0 aliphatic carbocycles. The molecule has 1 amide bonds. The molecular weight excluding hydrogens is 212 g/mol. The molecule has 0 radical (unpaired) electrons. The number of hydrogen-bond acceptors (Lipinski definition) is 4. The van der Waals surface area contributed by atoms with Crippen LogP contribution in [-0.2, 0) is 4.79 Å². The molecule has 1 rings (SSSR count). The quantitative estimate of drug-likeness (QED) is 0.743. The summed E-state index contributed by atoms with van der Waals surface area (Å²) >= 11 is 1.31. The molecule has 0 aliphatic rings. The molecule has 84 valence electrons. The lowest BCUT2D eigenvalue weighted by molar-refractivity contribution is -0.117. The van der Waals surface area contributed by atoms with Crippen LogP contribution in [0.25, 0.3) is 0 Å². The fourth-order valence-electron chi connectivity index (χ4n) is 1.04. The Labute approximate surface area is 93.2 Å². The summed E-state index contributed by atoms with van der Waals surface area (Å²) in [5, 5.41) is 7.20. The van der Waals surface area contributed by atoms with E-state index in [0.717, 1.165) is 5.82 Å². The summed E-state index contributed by atoms with van der Waals surface area (Å²) in [5.74, 6) is 0.815. The van der Waals surface area contributed by atoms with Gasteiger partial charge in [-0.3, -0.25) is 9.89 Å². The summed E-state index contributed by atoms with van der Waals surface area (Å²) in [4.78, 5) is 15.3. The Morgan fingerprint density at radius 2 is 2.27 bits per heavy atom. The summed E-state index contributed by atoms with van der Waals surface area (Å²) in [6, 6.07) is 0. The zero-order valence-electron chi connectivity index (χ0n) is 9.15. The van der Waals surface area contributed by atoms with Gasteiger partial charge in [0.15, 0.2) is 0 Å². The highest BCUT2D eigenvalue weighted by molar-refractivity contribution is 8.00. The van der Waals surface area contributed by atoms with E-state index in [1.54, 1.807) is 0 Å². The molecule has 15 heavy (non-hydrogen) atoms. The maximum absolute atomic E-state index is 11.0. The third-order valence-electron chi connectivity index (χ3n) is 1.96. The van der Waals surface area contributed by atoms with E-state index in [9.17, 15) is 4.79 Å². The van der Waals surface area contributed by atoms with Gasteiger partial charge in [0.1, 0.15) is 5.82 Å². The van der Waals surface area contributed by atoms with Gasteiger partial charge in [-0.15, -0.1) is 5.10 Å². The number of carbonyl (C=O) groups excluding carboxylic acids is 1. The first-order valence-electron chi connectivity index (χ1n) is 4.92. The molecule has 3 N–H and O–H groups in total. The second-order valence-electron chi connectivity index (χ2n) is 3.58. The third kappa shape index (κ3) is 3.23. The average Bonchev–Trinajstić information content (AvgIpc) is 2.61. The topological polar surface area (TPSA) is 84.7 Å². The maximum atomic E-state index is 11.0. The van der Waals surface area contributed by atoms with Gasteiger partial charge in [0.2, 0.25) is 11.1 Å². The number of H-pyrrole nitrogens is 1. The summed E-state index contributed by atoms with van der Waals surface area (Å²) < 4.78 is 0. The highest BCUT2D eigenvalue weighted by Crippen LogP contribution is 2.22. The monoisotopic (exact) mass is 228 g/mol. The van der Waals surface area contributed by atoms with E-state index < -0.39 is 0 Å². The second-order valence-corrected chi connectivity index (χ2v) is 4.74. The first-order valence-corrected chi connectivity index (χ1v) is 5.80. The van der Waals surface area contributed by atoms with Gasteiger partial charge >= 0.3 is 0 Å². The maximum Gasteiger partial charge on any atom is 0.231 e. The van der Waals surface area contributed by atoms with Crippen LogP contribution in [0.5, 0.6) is 0 Å². The number of nitrogens with zero attached hydrogens (tertiary/aromatic N) is 2. The van der Waals surface area contributed by atoms with Crippen molar-refractivity contribution in [1.29, 1.82) is 0 Å². The lowest BCUT2D eigenvalue weighted by Gasteiger charge is -2.06. The molecule has 0 aliphatic heterocycles. The minimum absolute atomic E-state index is 0.249. The number of primary amides is 1. The minimum Gasteiger partial charge on any atom is -0.369 e. The third-order valence-corrected chi connectivity index (χ3v) is 3.21. The molecule has 0 aromatic carbocycles. The fraction of sp³-hybridized carbons (Fsp3) is 0.667. The van der Waals surface area contributed by atoms with Gasteiger partial charge in [0.05, 0.1) is 5.25 Å². The van der Waals surface area contributed by atoms with E-state index in [2.05, 4.69) is 15.2 Å². The summed E-state index contributed by atoms with van der Waals surface area (Å²) in [7, 11) is 0. The van der Waals surface area contributed by atoms with E-state index in [1.165, 1.54) is 11.8 Å². The molecule has 1 aromatic rings. The van der Waals surface area contributed by atoms with Crippen molar-refractivity contribution < 1.29 is 4.79 Å². The molecule has 1 atom stereocenters. The van der Waals surface area contributed by atoms with Gasteiger partial charge in [-0.2, -0.15) is 0 Å². The predicted octanol–water partition coefficient (Wildman–Crippen LogP) is 1.28. The molecule has 0 spiro atoms. The van der Waals surface area contributed by atoms with Crippen molar-refractivity contribution in [3.8, 4) is 0 Å². The molecule has 1 aromatic heterocycles. The van der Waals surface area contributed by atoms with Gasteiger partial charge in [-0.1, -0.05) is 32.5 Å². The number of aromatic amines is 1.